The molecule has 0 aliphatic carbocycles. The van der Waals surface area contributed by atoms with Crippen LogP contribution in [0.25, 0.3) is 0 Å². The second-order valence-corrected chi connectivity index (χ2v) is 8.13. The summed E-state index contributed by atoms with van der Waals surface area (Å²) >= 11 is 0. The molecule has 5 nitrogen and oxygen atoms in total. The van der Waals surface area contributed by atoms with Gasteiger partial charge < -0.3 is 4.74 Å². The van der Waals surface area contributed by atoms with Crippen LogP contribution in [0.4, 0.5) is 11.4 Å². The molecule has 3 aromatic carbocycles. The van der Waals surface area contributed by atoms with E-state index in [4.69, 9.17) is 4.74 Å². The van der Waals surface area contributed by atoms with E-state index in [9.17, 15) is 8.42 Å². The maximum Gasteiger partial charge on any atom is 0.261 e. The summed E-state index contributed by atoms with van der Waals surface area (Å²) in [6, 6.07) is 19.5. The third kappa shape index (κ3) is 4.78. The molecule has 6 heteroatoms. The highest BCUT2D eigenvalue weighted by molar-refractivity contribution is 7.92. The topological polar surface area (TPSA) is 67.8 Å². The lowest BCUT2D eigenvalue weighted by Crippen LogP contribution is -2.13. The Kier molecular flexibility index (Phi) is 5.80. The van der Waals surface area contributed by atoms with Gasteiger partial charge in [0.2, 0.25) is 0 Å². The number of nitrogens with zero attached hydrogens (tertiary/aromatic N) is 1. The zero-order valence-electron chi connectivity index (χ0n) is 16.0. The molecule has 3 rings (SSSR count). The number of aryl methyl sites for hydroxylation is 2. The van der Waals surface area contributed by atoms with Crippen LogP contribution in [-0.4, -0.2) is 21.7 Å². The zero-order valence-corrected chi connectivity index (χ0v) is 16.8. The Labute approximate surface area is 165 Å². The summed E-state index contributed by atoms with van der Waals surface area (Å²) < 4.78 is 33.0. The fourth-order valence-corrected chi connectivity index (χ4v) is 3.81. The van der Waals surface area contributed by atoms with Gasteiger partial charge >= 0.3 is 0 Å². The standard InChI is InChI=1S/C22H22N2O3S/c1-16-4-13-22(17(2)14-16)24-28(25,26)21-11-7-19(8-12-21)23-15-18-5-9-20(27-3)10-6-18/h4-15,24H,1-3H3. The van der Waals surface area contributed by atoms with Crippen molar-refractivity contribution in [1.29, 1.82) is 0 Å². The van der Waals surface area contributed by atoms with Crippen LogP contribution in [0.1, 0.15) is 16.7 Å². The Morgan fingerprint density at radius 1 is 0.929 bits per heavy atom. The normalized spacial score (nSPS) is 11.5. The first-order valence-corrected chi connectivity index (χ1v) is 10.2. The molecule has 0 saturated heterocycles. The van der Waals surface area contributed by atoms with Gasteiger partial charge in [0.25, 0.3) is 10.0 Å². The second kappa shape index (κ2) is 8.27. The highest BCUT2D eigenvalue weighted by Crippen LogP contribution is 2.22. The van der Waals surface area contributed by atoms with E-state index >= 15 is 0 Å². The molecule has 144 valence electrons. The summed E-state index contributed by atoms with van der Waals surface area (Å²) in [5.74, 6) is 0.781. The van der Waals surface area contributed by atoms with E-state index in [0.29, 0.717) is 11.4 Å². The van der Waals surface area contributed by atoms with Gasteiger partial charge in [-0.3, -0.25) is 9.71 Å². The summed E-state index contributed by atoms with van der Waals surface area (Å²) in [5.41, 5.74) is 4.13. The molecule has 0 amide bonds. The number of benzene rings is 3. The zero-order chi connectivity index (χ0) is 20.1. The third-order valence-corrected chi connectivity index (χ3v) is 5.63. The highest BCUT2D eigenvalue weighted by atomic mass is 32.2. The number of rotatable bonds is 6. The first-order chi connectivity index (χ1) is 13.4. The molecule has 1 N–H and O–H groups in total. The predicted octanol–water partition coefficient (Wildman–Crippen LogP) is 4.86. The first-order valence-electron chi connectivity index (χ1n) is 8.76. The molecule has 0 aliphatic heterocycles. The number of anilines is 1. The summed E-state index contributed by atoms with van der Waals surface area (Å²) in [4.78, 5) is 4.57. The number of methoxy groups -OCH3 is 1. The van der Waals surface area contributed by atoms with Crippen molar-refractivity contribution in [1.82, 2.24) is 0 Å². The lowest BCUT2D eigenvalue weighted by Gasteiger charge is -2.11. The average molecular weight is 394 g/mol. The quantitative estimate of drug-likeness (QED) is 0.607. The molecule has 0 saturated carbocycles. The minimum absolute atomic E-state index is 0.191. The molecule has 0 aromatic heterocycles. The van der Waals surface area contributed by atoms with Crippen LogP contribution >= 0.6 is 0 Å². The average Bonchev–Trinajstić information content (AvgIpc) is 2.69. The Hall–Kier alpha value is -3.12. The minimum Gasteiger partial charge on any atom is -0.497 e. The van der Waals surface area contributed by atoms with E-state index in [1.54, 1.807) is 43.7 Å². The maximum absolute atomic E-state index is 12.6. The summed E-state index contributed by atoms with van der Waals surface area (Å²) in [5, 5.41) is 0. The molecule has 0 heterocycles. The van der Waals surface area contributed by atoms with Crippen LogP contribution in [-0.2, 0) is 10.0 Å². The van der Waals surface area contributed by atoms with Crippen molar-refractivity contribution in [2.24, 2.45) is 4.99 Å². The van der Waals surface area contributed by atoms with Crippen LogP contribution in [0.3, 0.4) is 0 Å². The molecule has 0 unspecified atom stereocenters. The monoisotopic (exact) mass is 394 g/mol. The Morgan fingerprint density at radius 2 is 1.61 bits per heavy atom. The maximum atomic E-state index is 12.6. The van der Waals surface area contributed by atoms with Crippen molar-refractivity contribution in [3.8, 4) is 5.75 Å². The van der Waals surface area contributed by atoms with Crippen molar-refractivity contribution in [2.45, 2.75) is 18.7 Å². The van der Waals surface area contributed by atoms with Crippen LogP contribution in [0.15, 0.2) is 76.6 Å². The predicted molar refractivity (Wildman–Crippen MR) is 113 cm³/mol. The number of hydrogen-bond donors (Lipinski definition) is 1. The number of ether oxygens (including phenoxy) is 1. The number of hydrogen-bond acceptors (Lipinski definition) is 4. The van der Waals surface area contributed by atoms with Gasteiger partial charge in [0.05, 0.1) is 23.4 Å². The Morgan fingerprint density at radius 3 is 2.21 bits per heavy atom. The van der Waals surface area contributed by atoms with Gasteiger partial charge in [0.1, 0.15) is 5.75 Å². The van der Waals surface area contributed by atoms with E-state index in [0.717, 1.165) is 22.4 Å². The fraction of sp³-hybridized carbons (Fsp3) is 0.136. The smallest absolute Gasteiger partial charge is 0.261 e. The van der Waals surface area contributed by atoms with E-state index in [1.807, 2.05) is 50.2 Å². The molecule has 0 fully saturated rings. The molecular weight excluding hydrogens is 372 g/mol. The largest absolute Gasteiger partial charge is 0.497 e. The van der Waals surface area contributed by atoms with Gasteiger partial charge in [-0.15, -0.1) is 0 Å². The summed E-state index contributed by atoms with van der Waals surface area (Å²) in [7, 11) is -2.04. The minimum atomic E-state index is -3.66. The van der Waals surface area contributed by atoms with Crippen molar-refractivity contribution in [3.63, 3.8) is 0 Å². The van der Waals surface area contributed by atoms with Crippen LogP contribution < -0.4 is 9.46 Å². The number of aliphatic imine (C=N–C) groups is 1. The van der Waals surface area contributed by atoms with Crippen LogP contribution in [0.5, 0.6) is 5.75 Å². The molecule has 28 heavy (non-hydrogen) atoms. The van der Waals surface area contributed by atoms with E-state index < -0.39 is 10.0 Å². The van der Waals surface area contributed by atoms with E-state index in [1.165, 1.54) is 0 Å². The van der Waals surface area contributed by atoms with Gasteiger partial charge in [-0.05, 0) is 79.6 Å². The fourth-order valence-electron chi connectivity index (χ4n) is 2.68. The summed E-state index contributed by atoms with van der Waals surface area (Å²) in [6.07, 6.45) is 1.72. The van der Waals surface area contributed by atoms with Crippen LogP contribution in [0.2, 0.25) is 0 Å². The lowest BCUT2D eigenvalue weighted by atomic mass is 10.1. The van der Waals surface area contributed by atoms with Crippen molar-refractivity contribution < 1.29 is 13.2 Å². The van der Waals surface area contributed by atoms with Gasteiger partial charge in [-0.2, -0.15) is 0 Å². The number of sulfonamides is 1. The molecule has 0 radical (unpaired) electrons. The second-order valence-electron chi connectivity index (χ2n) is 6.45. The highest BCUT2D eigenvalue weighted by Gasteiger charge is 2.15. The Bertz CT molecular complexity index is 1090. The molecule has 0 atom stereocenters. The SMILES string of the molecule is COc1ccc(C=Nc2ccc(S(=O)(=O)Nc3ccc(C)cc3C)cc2)cc1. The van der Waals surface area contributed by atoms with E-state index in [2.05, 4.69) is 9.71 Å². The number of nitrogens with one attached hydrogen (secondary N) is 1. The van der Waals surface area contributed by atoms with Crippen molar-refractivity contribution in [2.75, 3.05) is 11.8 Å². The molecule has 0 bridgehead atoms. The van der Waals surface area contributed by atoms with Gasteiger partial charge in [-0.1, -0.05) is 17.7 Å². The van der Waals surface area contributed by atoms with E-state index in [-0.39, 0.29) is 4.90 Å². The molecule has 3 aromatic rings. The molecular formula is C22H22N2O3S. The van der Waals surface area contributed by atoms with Gasteiger partial charge in [0, 0.05) is 6.21 Å². The lowest BCUT2D eigenvalue weighted by molar-refractivity contribution is 0.415. The Balaban J connectivity index is 1.74. The van der Waals surface area contributed by atoms with Gasteiger partial charge in [-0.25, -0.2) is 8.42 Å². The van der Waals surface area contributed by atoms with Crippen molar-refractivity contribution >= 4 is 27.6 Å². The summed E-state index contributed by atoms with van der Waals surface area (Å²) in [6.45, 7) is 3.85. The first kappa shape index (κ1) is 19.6. The van der Waals surface area contributed by atoms with Gasteiger partial charge in [0.15, 0.2) is 0 Å². The van der Waals surface area contributed by atoms with Crippen molar-refractivity contribution in [3.05, 3.63) is 83.4 Å². The van der Waals surface area contributed by atoms with Crippen LogP contribution in [0, 0.1) is 13.8 Å². The molecule has 0 spiro atoms. The molecule has 0 aliphatic rings. The third-order valence-electron chi connectivity index (χ3n) is 4.25.